The zero-order valence-electron chi connectivity index (χ0n) is 16.5. The first-order chi connectivity index (χ1) is 14.4. The van der Waals surface area contributed by atoms with E-state index in [-0.39, 0.29) is 11.9 Å². The predicted molar refractivity (Wildman–Crippen MR) is 110 cm³/mol. The van der Waals surface area contributed by atoms with Crippen molar-refractivity contribution in [1.29, 1.82) is 0 Å². The predicted octanol–water partition coefficient (Wildman–Crippen LogP) is 1.39. The number of benzene rings is 1. The van der Waals surface area contributed by atoms with Crippen molar-refractivity contribution in [2.24, 2.45) is 0 Å². The van der Waals surface area contributed by atoms with Crippen molar-refractivity contribution in [2.45, 2.75) is 18.9 Å². The van der Waals surface area contributed by atoms with Crippen LogP contribution < -0.4 is 4.90 Å². The minimum absolute atomic E-state index is 0.100. The molecule has 0 bridgehead atoms. The van der Waals surface area contributed by atoms with Crippen molar-refractivity contribution in [1.82, 2.24) is 28.4 Å². The van der Waals surface area contributed by atoms with Crippen LogP contribution in [0.25, 0.3) is 17.0 Å². The molecule has 4 heterocycles. The second-order valence-electron chi connectivity index (χ2n) is 7.68. The van der Waals surface area contributed by atoms with E-state index < -0.39 is 10.2 Å². The molecular formula is C19H22FN7O2S. The van der Waals surface area contributed by atoms with E-state index in [1.165, 1.54) is 16.4 Å². The Balaban J connectivity index is 1.35. The quantitative estimate of drug-likeness (QED) is 0.607. The number of hydrogen-bond donors (Lipinski definition) is 0. The first-order valence-electron chi connectivity index (χ1n) is 9.90. The van der Waals surface area contributed by atoms with Gasteiger partial charge in [0.05, 0.1) is 6.04 Å². The Hall–Kier alpha value is -2.63. The molecule has 0 N–H and O–H groups in total. The highest BCUT2D eigenvalue weighted by atomic mass is 32.2. The van der Waals surface area contributed by atoms with Crippen molar-refractivity contribution in [3.8, 4) is 11.4 Å². The standard InChI is InChI=1S/C19H22FN7O2S/c1-24(30(28,29)26-9-2-3-10-26)16-12-25(13-16)18-8-7-17-21-22-19(27(17)23-18)14-5-4-6-15(20)11-14/h4-8,11,16H,2-3,9-10,12-13H2,1H3. The molecule has 9 nitrogen and oxygen atoms in total. The van der Waals surface area contributed by atoms with Crippen molar-refractivity contribution >= 4 is 21.7 Å². The summed E-state index contributed by atoms with van der Waals surface area (Å²) < 4.78 is 43.7. The van der Waals surface area contributed by atoms with Crippen molar-refractivity contribution in [3.05, 3.63) is 42.2 Å². The van der Waals surface area contributed by atoms with Crippen LogP contribution in [0.3, 0.4) is 0 Å². The van der Waals surface area contributed by atoms with Gasteiger partial charge >= 0.3 is 0 Å². The third-order valence-electron chi connectivity index (χ3n) is 5.79. The smallest absolute Gasteiger partial charge is 0.282 e. The molecule has 0 atom stereocenters. The van der Waals surface area contributed by atoms with Gasteiger partial charge in [0, 0.05) is 38.8 Å². The fourth-order valence-corrected chi connectivity index (χ4v) is 5.51. The van der Waals surface area contributed by atoms with Gasteiger partial charge in [-0.3, -0.25) is 0 Å². The Labute approximate surface area is 173 Å². The molecule has 30 heavy (non-hydrogen) atoms. The van der Waals surface area contributed by atoms with Crippen molar-refractivity contribution in [3.63, 3.8) is 0 Å². The summed E-state index contributed by atoms with van der Waals surface area (Å²) in [6, 6.07) is 9.68. The second kappa shape index (κ2) is 7.25. The van der Waals surface area contributed by atoms with E-state index in [1.807, 2.05) is 11.0 Å². The molecule has 11 heteroatoms. The number of likely N-dealkylation sites (N-methyl/N-ethyl adjacent to an activating group) is 1. The minimum Gasteiger partial charge on any atom is -0.352 e. The summed E-state index contributed by atoms with van der Waals surface area (Å²) in [5, 5.41) is 12.9. The van der Waals surface area contributed by atoms with Gasteiger partial charge in [-0.2, -0.15) is 21.5 Å². The molecule has 2 fully saturated rings. The van der Waals surface area contributed by atoms with Gasteiger partial charge in [-0.1, -0.05) is 12.1 Å². The normalized spacial score (nSPS) is 18.4. The van der Waals surface area contributed by atoms with Gasteiger partial charge in [0.25, 0.3) is 10.2 Å². The molecule has 0 radical (unpaired) electrons. The number of nitrogens with zero attached hydrogens (tertiary/aromatic N) is 7. The van der Waals surface area contributed by atoms with Crippen LogP contribution in [0.15, 0.2) is 36.4 Å². The molecule has 2 aromatic heterocycles. The van der Waals surface area contributed by atoms with Gasteiger partial charge in [0.15, 0.2) is 11.5 Å². The van der Waals surface area contributed by atoms with Crippen LogP contribution >= 0.6 is 0 Å². The number of aromatic nitrogens is 4. The molecule has 0 spiro atoms. The van der Waals surface area contributed by atoms with E-state index >= 15 is 0 Å². The number of rotatable bonds is 5. The lowest BCUT2D eigenvalue weighted by atomic mass is 10.1. The summed E-state index contributed by atoms with van der Waals surface area (Å²) in [5.74, 6) is 0.800. The molecule has 5 rings (SSSR count). The maximum Gasteiger partial charge on any atom is 0.282 e. The Morgan fingerprint density at radius 2 is 1.87 bits per heavy atom. The second-order valence-corrected chi connectivity index (χ2v) is 9.67. The third-order valence-corrected chi connectivity index (χ3v) is 7.83. The fraction of sp³-hybridized carbons (Fsp3) is 0.421. The Bertz CT molecular complexity index is 1190. The molecule has 2 saturated heterocycles. The maximum atomic E-state index is 13.6. The molecule has 0 amide bonds. The lowest BCUT2D eigenvalue weighted by Crippen LogP contribution is -2.61. The van der Waals surface area contributed by atoms with Crippen LogP contribution in [0.5, 0.6) is 0 Å². The van der Waals surface area contributed by atoms with Crippen LogP contribution in [0.4, 0.5) is 10.2 Å². The molecule has 2 aliphatic heterocycles. The summed E-state index contributed by atoms with van der Waals surface area (Å²) in [4.78, 5) is 2.01. The van der Waals surface area contributed by atoms with E-state index in [9.17, 15) is 12.8 Å². The molecule has 0 saturated carbocycles. The highest BCUT2D eigenvalue weighted by Crippen LogP contribution is 2.26. The van der Waals surface area contributed by atoms with Gasteiger partial charge in [0.1, 0.15) is 11.6 Å². The lowest BCUT2D eigenvalue weighted by Gasteiger charge is -2.44. The van der Waals surface area contributed by atoms with Crippen LogP contribution in [0.1, 0.15) is 12.8 Å². The van der Waals surface area contributed by atoms with E-state index in [4.69, 9.17) is 0 Å². The van der Waals surface area contributed by atoms with Crippen LogP contribution in [-0.2, 0) is 10.2 Å². The fourth-order valence-electron chi connectivity index (χ4n) is 3.92. The van der Waals surface area contributed by atoms with Crippen molar-refractivity contribution in [2.75, 3.05) is 38.1 Å². The minimum atomic E-state index is -3.42. The zero-order chi connectivity index (χ0) is 20.9. The topological polar surface area (TPSA) is 86.9 Å². The van der Waals surface area contributed by atoms with Gasteiger partial charge in [0.2, 0.25) is 0 Å². The monoisotopic (exact) mass is 431 g/mol. The van der Waals surface area contributed by atoms with E-state index in [0.29, 0.717) is 49.0 Å². The number of anilines is 1. The lowest BCUT2D eigenvalue weighted by molar-refractivity contribution is 0.287. The molecule has 1 aromatic carbocycles. The van der Waals surface area contributed by atoms with Gasteiger partial charge in [-0.05, 0) is 37.1 Å². The first kappa shape index (κ1) is 19.3. The Morgan fingerprint density at radius 1 is 1.10 bits per heavy atom. The average Bonchev–Trinajstić information content (AvgIpc) is 3.37. The van der Waals surface area contributed by atoms with Gasteiger partial charge < -0.3 is 4.90 Å². The summed E-state index contributed by atoms with van der Waals surface area (Å²) in [7, 11) is -1.77. The number of halogens is 1. The molecule has 0 unspecified atom stereocenters. The summed E-state index contributed by atoms with van der Waals surface area (Å²) in [6.45, 7) is 2.30. The SMILES string of the molecule is CN(C1CN(c2ccc3nnc(-c4cccc(F)c4)n3n2)C1)S(=O)(=O)N1CCCC1. The highest BCUT2D eigenvalue weighted by molar-refractivity contribution is 7.86. The van der Waals surface area contributed by atoms with Crippen LogP contribution in [0, 0.1) is 5.82 Å². The summed E-state index contributed by atoms with van der Waals surface area (Å²) in [5.41, 5.74) is 1.15. The maximum absolute atomic E-state index is 13.6. The average molecular weight is 431 g/mol. The van der Waals surface area contributed by atoms with Crippen LogP contribution in [-0.4, -0.2) is 76.1 Å². The highest BCUT2D eigenvalue weighted by Gasteiger charge is 2.39. The zero-order valence-corrected chi connectivity index (χ0v) is 17.3. The first-order valence-corrected chi connectivity index (χ1v) is 11.3. The largest absolute Gasteiger partial charge is 0.352 e. The molecule has 3 aromatic rings. The molecule has 2 aliphatic rings. The van der Waals surface area contributed by atoms with Crippen molar-refractivity contribution < 1.29 is 12.8 Å². The van der Waals surface area contributed by atoms with Gasteiger partial charge in [-0.25, -0.2) is 4.39 Å². The Kier molecular flexibility index (Phi) is 4.68. The van der Waals surface area contributed by atoms with Crippen LogP contribution in [0.2, 0.25) is 0 Å². The number of hydrogen-bond acceptors (Lipinski definition) is 6. The summed E-state index contributed by atoms with van der Waals surface area (Å²) >= 11 is 0. The summed E-state index contributed by atoms with van der Waals surface area (Å²) in [6.07, 6.45) is 1.83. The molecular weight excluding hydrogens is 409 g/mol. The number of fused-ring (bicyclic) bond motifs is 1. The molecule has 0 aliphatic carbocycles. The third kappa shape index (κ3) is 3.22. The Morgan fingerprint density at radius 3 is 2.60 bits per heavy atom. The van der Waals surface area contributed by atoms with E-state index in [2.05, 4.69) is 15.3 Å². The van der Waals surface area contributed by atoms with E-state index in [0.717, 1.165) is 12.8 Å². The molecule has 158 valence electrons. The van der Waals surface area contributed by atoms with Gasteiger partial charge in [-0.15, -0.1) is 15.3 Å². The van der Waals surface area contributed by atoms with E-state index in [1.54, 1.807) is 34.1 Å².